The lowest BCUT2D eigenvalue weighted by Crippen LogP contribution is -2.32. The Morgan fingerprint density at radius 3 is 2.65 bits per heavy atom. The Bertz CT molecular complexity index is 439. The molecular formula is C13H17FN2S. The molecule has 17 heavy (non-hydrogen) atoms. The molecule has 0 aliphatic heterocycles. The predicted molar refractivity (Wildman–Crippen MR) is 72.8 cm³/mol. The number of hydrogen-bond donors (Lipinski definition) is 2. The molecular weight excluding hydrogens is 235 g/mol. The van der Waals surface area contributed by atoms with E-state index in [-0.39, 0.29) is 16.3 Å². The average Bonchev–Trinajstić information content (AvgIpc) is 2.64. The summed E-state index contributed by atoms with van der Waals surface area (Å²) < 4.78 is 13.7. The Morgan fingerprint density at radius 2 is 2.06 bits per heavy atom. The van der Waals surface area contributed by atoms with Gasteiger partial charge in [-0.2, -0.15) is 0 Å². The quantitative estimate of drug-likeness (QED) is 0.811. The predicted octanol–water partition coefficient (Wildman–Crippen LogP) is 3.20. The monoisotopic (exact) mass is 252 g/mol. The molecule has 4 heteroatoms. The van der Waals surface area contributed by atoms with Gasteiger partial charge >= 0.3 is 0 Å². The second kappa shape index (κ2) is 4.61. The summed E-state index contributed by atoms with van der Waals surface area (Å²) in [5.41, 5.74) is 6.66. The lowest BCUT2D eigenvalue weighted by molar-refractivity contribution is 0.532. The summed E-state index contributed by atoms with van der Waals surface area (Å²) >= 11 is 4.91. The maximum atomic E-state index is 13.7. The fourth-order valence-corrected chi connectivity index (χ4v) is 2.69. The van der Waals surface area contributed by atoms with Crippen LogP contribution in [0.4, 0.5) is 10.1 Å². The van der Waals surface area contributed by atoms with Gasteiger partial charge in [0.1, 0.15) is 10.8 Å². The molecule has 1 aromatic rings. The fraction of sp³-hybridized carbons (Fsp3) is 0.462. The van der Waals surface area contributed by atoms with Crippen LogP contribution in [0, 0.1) is 5.82 Å². The van der Waals surface area contributed by atoms with E-state index in [0.717, 1.165) is 12.8 Å². The topological polar surface area (TPSA) is 38.0 Å². The molecule has 0 bridgehead atoms. The smallest absolute Gasteiger partial charge is 0.135 e. The van der Waals surface area contributed by atoms with Gasteiger partial charge in [0, 0.05) is 11.2 Å². The summed E-state index contributed by atoms with van der Waals surface area (Å²) in [7, 11) is 0. The number of anilines is 1. The third-order valence-electron chi connectivity index (χ3n) is 3.40. The van der Waals surface area contributed by atoms with Crippen molar-refractivity contribution in [2.45, 2.75) is 38.1 Å². The first kappa shape index (κ1) is 12.3. The van der Waals surface area contributed by atoms with Crippen LogP contribution in [0.5, 0.6) is 0 Å². The van der Waals surface area contributed by atoms with Crippen LogP contribution in [0.1, 0.15) is 38.2 Å². The summed E-state index contributed by atoms with van der Waals surface area (Å²) in [6, 6.07) is 4.90. The second-order valence-electron chi connectivity index (χ2n) is 4.92. The van der Waals surface area contributed by atoms with Crippen LogP contribution in [0.2, 0.25) is 0 Å². The lowest BCUT2D eigenvalue weighted by Gasteiger charge is -2.28. The van der Waals surface area contributed by atoms with E-state index >= 15 is 0 Å². The molecule has 0 saturated heterocycles. The van der Waals surface area contributed by atoms with Gasteiger partial charge in [-0.05, 0) is 31.9 Å². The van der Waals surface area contributed by atoms with Crippen molar-refractivity contribution >= 4 is 22.9 Å². The molecule has 0 radical (unpaired) electrons. The first-order chi connectivity index (χ1) is 8.02. The van der Waals surface area contributed by atoms with Crippen molar-refractivity contribution in [3.05, 3.63) is 29.6 Å². The molecule has 1 aliphatic rings. The molecule has 1 fully saturated rings. The maximum Gasteiger partial charge on any atom is 0.135 e. The minimum atomic E-state index is -0.357. The Kier molecular flexibility index (Phi) is 3.33. The molecule has 1 aliphatic carbocycles. The molecule has 92 valence electrons. The van der Waals surface area contributed by atoms with Crippen molar-refractivity contribution in [1.82, 2.24) is 0 Å². The molecule has 0 heterocycles. The number of hydrogen-bond acceptors (Lipinski definition) is 2. The Hall–Kier alpha value is -1.16. The Balaban J connectivity index is 2.32. The van der Waals surface area contributed by atoms with Gasteiger partial charge in [-0.1, -0.05) is 31.1 Å². The van der Waals surface area contributed by atoms with Crippen LogP contribution in [0.25, 0.3) is 0 Å². The van der Waals surface area contributed by atoms with Gasteiger partial charge in [-0.25, -0.2) is 4.39 Å². The third-order valence-corrected chi connectivity index (χ3v) is 3.61. The van der Waals surface area contributed by atoms with Crippen LogP contribution in [-0.4, -0.2) is 10.5 Å². The third kappa shape index (κ3) is 2.57. The van der Waals surface area contributed by atoms with E-state index in [2.05, 4.69) is 12.2 Å². The van der Waals surface area contributed by atoms with Crippen LogP contribution < -0.4 is 11.1 Å². The zero-order chi connectivity index (χ0) is 12.5. The van der Waals surface area contributed by atoms with Gasteiger partial charge in [0.05, 0.1) is 5.56 Å². The molecule has 0 amide bonds. The van der Waals surface area contributed by atoms with Crippen molar-refractivity contribution in [3.63, 3.8) is 0 Å². The highest BCUT2D eigenvalue weighted by molar-refractivity contribution is 7.80. The van der Waals surface area contributed by atoms with Gasteiger partial charge < -0.3 is 11.1 Å². The van der Waals surface area contributed by atoms with Crippen LogP contribution in [-0.2, 0) is 0 Å². The van der Waals surface area contributed by atoms with Crippen molar-refractivity contribution in [2.24, 2.45) is 5.73 Å². The van der Waals surface area contributed by atoms with Crippen molar-refractivity contribution in [1.29, 1.82) is 0 Å². The second-order valence-corrected chi connectivity index (χ2v) is 5.36. The maximum absolute atomic E-state index is 13.7. The number of thiocarbonyl (C=S) groups is 1. The molecule has 1 saturated carbocycles. The minimum Gasteiger partial charge on any atom is -0.389 e. The van der Waals surface area contributed by atoms with E-state index in [1.165, 1.54) is 18.9 Å². The summed E-state index contributed by atoms with van der Waals surface area (Å²) in [6.45, 7) is 2.16. The molecule has 2 nitrogen and oxygen atoms in total. The highest BCUT2D eigenvalue weighted by Crippen LogP contribution is 2.34. The van der Waals surface area contributed by atoms with Crippen molar-refractivity contribution in [2.75, 3.05) is 5.32 Å². The number of halogens is 1. The lowest BCUT2D eigenvalue weighted by atomic mass is 9.99. The highest BCUT2D eigenvalue weighted by atomic mass is 32.1. The van der Waals surface area contributed by atoms with E-state index < -0.39 is 0 Å². The SMILES string of the molecule is CC1(Nc2cccc(F)c2C(N)=S)CCCC1. The fourth-order valence-electron chi connectivity index (χ4n) is 2.48. The van der Waals surface area contributed by atoms with Gasteiger partial charge in [0.15, 0.2) is 0 Å². The zero-order valence-corrected chi connectivity index (χ0v) is 10.7. The number of benzene rings is 1. The molecule has 0 atom stereocenters. The number of nitrogens with two attached hydrogens (primary N) is 1. The van der Waals surface area contributed by atoms with E-state index in [1.807, 2.05) is 6.07 Å². The van der Waals surface area contributed by atoms with Gasteiger partial charge in [0.25, 0.3) is 0 Å². The van der Waals surface area contributed by atoms with Crippen molar-refractivity contribution < 1.29 is 4.39 Å². The summed E-state index contributed by atoms with van der Waals surface area (Å²) in [6.07, 6.45) is 4.61. The summed E-state index contributed by atoms with van der Waals surface area (Å²) in [5, 5.41) is 3.40. The van der Waals surface area contributed by atoms with Crippen LogP contribution in [0.15, 0.2) is 18.2 Å². The molecule has 2 rings (SSSR count). The Labute approximate surface area is 106 Å². The molecule has 3 N–H and O–H groups in total. The van der Waals surface area contributed by atoms with Gasteiger partial charge in [0.2, 0.25) is 0 Å². The van der Waals surface area contributed by atoms with E-state index in [1.54, 1.807) is 6.07 Å². The first-order valence-electron chi connectivity index (χ1n) is 5.88. The van der Waals surface area contributed by atoms with Crippen LogP contribution in [0.3, 0.4) is 0 Å². The normalized spacial score (nSPS) is 18.0. The van der Waals surface area contributed by atoms with Crippen LogP contribution >= 0.6 is 12.2 Å². The first-order valence-corrected chi connectivity index (χ1v) is 6.29. The highest BCUT2D eigenvalue weighted by Gasteiger charge is 2.29. The van der Waals surface area contributed by atoms with E-state index in [4.69, 9.17) is 18.0 Å². The van der Waals surface area contributed by atoms with Gasteiger partial charge in [-0.3, -0.25) is 0 Å². The van der Waals surface area contributed by atoms with Gasteiger partial charge in [-0.15, -0.1) is 0 Å². The standard InChI is InChI=1S/C13H17FN2S/c1-13(7-2-3-8-13)16-10-6-4-5-9(14)11(10)12(15)17/h4-6,16H,2-3,7-8H2,1H3,(H2,15,17). The zero-order valence-electron chi connectivity index (χ0n) is 9.92. The number of rotatable bonds is 3. The Morgan fingerprint density at radius 1 is 1.41 bits per heavy atom. The van der Waals surface area contributed by atoms with E-state index in [0.29, 0.717) is 11.3 Å². The summed E-state index contributed by atoms with van der Waals surface area (Å²) in [4.78, 5) is 0.104. The van der Waals surface area contributed by atoms with Crippen molar-refractivity contribution in [3.8, 4) is 0 Å². The largest absolute Gasteiger partial charge is 0.389 e. The minimum absolute atomic E-state index is 0.0350. The molecule has 1 aromatic carbocycles. The molecule has 0 unspecified atom stereocenters. The molecule has 0 spiro atoms. The number of nitrogens with one attached hydrogen (secondary N) is 1. The molecule has 0 aromatic heterocycles. The van der Waals surface area contributed by atoms with E-state index in [9.17, 15) is 4.39 Å². The average molecular weight is 252 g/mol. The summed E-state index contributed by atoms with van der Waals surface area (Å²) in [5.74, 6) is -0.357.